The Labute approximate surface area is 144 Å². The van der Waals surface area contributed by atoms with Gasteiger partial charge < -0.3 is 4.74 Å². The summed E-state index contributed by atoms with van der Waals surface area (Å²) >= 11 is 1.34. The fourth-order valence-electron chi connectivity index (χ4n) is 2.21. The summed E-state index contributed by atoms with van der Waals surface area (Å²) in [4.78, 5) is 28.9. The van der Waals surface area contributed by atoms with E-state index >= 15 is 0 Å². The third-order valence-electron chi connectivity index (χ3n) is 3.42. The summed E-state index contributed by atoms with van der Waals surface area (Å²) in [6, 6.07) is 7.99. The first-order valence-electron chi connectivity index (χ1n) is 7.17. The van der Waals surface area contributed by atoms with Gasteiger partial charge in [-0.15, -0.1) is 16.4 Å². The molecule has 9 nitrogen and oxygen atoms in total. The zero-order valence-electron chi connectivity index (χ0n) is 12.6. The number of aromatic nitrogens is 6. The molecule has 0 unspecified atom stereocenters. The third-order valence-corrected chi connectivity index (χ3v) is 4.18. The van der Waals surface area contributed by atoms with Crippen LogP contribution in [0.1, 0.15) is 16.1 Å². The molecule has 0 bridgehead atoms. The van der Waals surface area contributed by atoms with Crippen LogP contribution in [0.4, 0.5) is 0 Å². The molecule has 0 aliphatic rings. The molecule has 0 aliphatic carbocycles. The van der Waals surface area contributed by atoms with Crippen molar-refractivity contribution in [1.82, 2.24) is 29.6 Å². The largest absolute Gasteiger partial charge is 0.456 e. The van der Waals surface area contributed by atoms with Gasteiger partial charge in [0.15, 0.2) is 4.96 Å². The highest BCUT2D eigenvalue weighted by Crippen LogP contribution is 2.11. The first-order chi connectivity index (χ1) is 12.2. The van der Waals surface area contributed by atoms with E-state index < -0.39 is 5.97 Å². The molecule has 0 aliphatic heterocycles. The Morgan fingerprint density at radius 2 is 2.08 bits per heavy atom. The van der Waals surface area contributed by atoms with E-state index in [1.54, 1.807) is 35.8 Å². The van der Waals surface area contributed by atoms with E-state index in [0.717, 1.165) is 5.69 Å². The van der Waals surface area contributed by atoms with Gasteiger partial charge in [-0.2, -0.15) is 0 Å². The topological polar surface area (TPSA) is 104 Å². The molecule has 1 aromatic carbocycles. The molecule has 4 rings (SSSR count). The van der Waals surface area contributed by atoms with Crippen LogP contribution >= 0.6 is 11.3 Å². The van der Waals surface area contributed by atoms with Gasteiger partial charge in [0.05, 0.1) is 16.9 Å². The first-order valence-corrected chi connectivity index (χ1v) is 8.05. The predicted molar refractivity (Wildman–Crippen MR) is 87.6 cm³/mol. The van der Waals surface area contributed by atoms with Crippen LogP contribution in [-0.4, -0.2) is 35.6 Å². The van der Waals surface area contributed by atoms with E-state index in [-0.39, 0.29) is 12.2 Å². The van der Waals surface area contributed by atoms with Crippen LogP contribution in [0.5, 0.6) is 0 Å². The number of esters is 1. The van der Waals surface area contributed by atoms with Crippen LogP contribution < -0.4 is 5.56 Å². The maximum Gasteiger partial charge on any atom is 0.338 e. The molecule has 3 aromatic heterocycles. The van der Waals surface area contributed by atoms with E-state index in [1.165, 1.54) is 32.8 Å². The summed E-state index contributed by atoms with van der Waals surface area (Å²) in [6.45, 7) is -0.0722. The van der Waals surface area contributed by atoms with Crippen molar-refractivity contribution in [3.05, 3.63) is 69.8 Å². The standard InChI is InChI=1S/C15H10N6O3S/c22-13-7-11(17-15-20(13)5-6-25-15)8-24-14(23)10-1-3-12(4-2-10)21-9-16-18-19-21/h1-7,9H,8H2. The molecule has 4 aromatic rings. The Balaban J connectivity index is 1.47. The SMILES string of the molecule is O=C(OCc1cc(=O)n2ccsc2n1)c1ccc(-n2cnnn2)cc1. The molecule has 0 amide bonds. The van der Waals surface area contributed by atoms with Crippen molar-refractivity contribution in [1.29, 1.82) is 0 Å². The van der Waals surface area contributed by atoms with Gasteiger partial charge in [0, 0.05) is 17.6 Å². The Kier molecular flexibility index (Phi) is 3.78. The number of hydrogen-bond acceptors (Lipinski definition) is 8. The lowest BCUT2D eigenvalue weighted by atomic mass is 10.2. The Morgan fingerprint density at radius 1 is 1.24 bits per heavy atom. The monoisotopic (exact) mass is 354 g/mol. The number of nitrogens with zero attached hydrogens (tertiary/aromatic N) is 6. The molecule has 25 heavy (non-hydrogen) atoms. The van der Waals surface area contributed by atoms with Crippen molar-refractivity contribution in [2.24, 2.45) is 0 Å². The van der Waals surface area contributed by atoms with Crippen molar-refractivity contribution in [3.63, 3.8) is 0 Å². The quantitative estimate of drug-likeness (QED) is 0.505. The van der Waals surface area contributed by atoms with Crippen LogP contribution in [0.15, 0.2) is 53.0 Å². The highest BCUT2D eigenvalue weighted by Gasteiger charge is 2.10. The van der Waals surface area contributed by atoms with E-state index in [2.05, 4.69) is 20.5 Å². The minimum atomic E-state index is -0.503. The Bertz CT molecular complexity index is 1080. The minimum absolute atomic E-state index is 0.0722. The second-order valence-corrected chi connectivity index (χ2v) is 5.89. The predicted octanol–water partition coefficient (Wildman–Crippen LogP) is 1.09. The first kappa shape index (κ1) is 15.1. The van der Waals surface area contributed by atoms with Gasteiger partial charge in [0.1, 0.15) is 12.9 Å². The van der Waals surface area contributed by atoms with Gasteiger partial charge in [-0.25, -0.2) is 14.5 Å². The van der Waals surface area contributed by atoms with Crippen molar-refractivity contribution < 1.29 is 9.53 Å². The third kappa shape index (κ3) is 3.02. The van der Waals surface area contributed by atoms with Gasteiger partial charge in [-0.05, 0) is 34.7 Å². The Hall–Kier alpha value is -3.40. The van der Waals surface area contributed by atoms with Crippen LogP contribution in [0.25, 0.3) is 10.6 Å². The lowest BCUT2D eigenvalue weighted by Gasteiger charge is -2.05. The molecule has 0 N–H and O–H groups in total. The number of hydrogen-bond donors (Lipinski definition) is 0. The summed E-state index contributed by atoms with van der Waals surface area (Å²) < 4.78 is 8.15. The number of ether oxygens (including phenoxy) is 1. The fraction of sp³-hybridized carbons (Fsp3) is 0.0667. The molecule has 0 spiro atoms. The maximum atomic E-state index is 12.1. The normalized spacial score (nSPS) is 10.9. The van der Waals surface area contributed by atoms with Gasteiger partial charge in [0.2, 0.25) is 0 Å². The number of carbonyl (C=O) groups is 1. The van der Waals surface area contributed by atoms with Crippen molar-refractivity contribution in [3.8, 4) is 5.69 Å². The van der Waals surface area contributed by atoms with Gasteiger partial charge >= 0.3 is 5.97 Å². The molecule has 124 valence electrons. The number of carbonyl (C=O) groups excluding carboxylic acids is 1. The lowest BCUT2D eigenvalue weighted by molar-refractivity contribution is 0.0468. The molecule has 0 atom stereocenters. The molecule has 0 radical (unpaired) electrons. The van der Waals surface area contributed by atoms with Crippen LogP contribution in [-0.2, 0) is 11.3 Å². The summed E-state index contributed by atoms with van der Waals surface area (Å²) in [5.74, 6) is -0.503. The highest BCUT2D eigenvalue weighted by molar-refractivity contribution is 7.15. The maximum absolute atomic E-state index is 12.1. The number of thiazole rings is 1. The lowest BCUT2D eigenvalue weighted by Crippen LogP contribution is -2.14. The number of benzene rings is 1. The van der Waals surface area contributed by atoms with Crippen molar-refractivity contribution in [2.75, 3.05) is 0 Å². The average Bonchev–Trinajstić information content (AvgIpc) is 3.31. The summed E-state index contributed by atoms with van der Waals surface area (Å²) in [7, 11) is 0. The highest BCUT2D eigenvalue weighted by atomic mass is 32.1. The molecule has 3 heterocycles. The zero-order valence-corrected chi connectivity index (χ0v) is 13.5. The van der Waals surface area contributed by atoms with Crippen LogP contribution in [0, 0.1) is 0 Å². The number of tetrazole rings is 1. The summed E-state index contributed by atoms with van der Waals surface area (Å²) in [6.07, 6.45) is 3.11. The minimum Gasteiger partial charge on any atom is -0.456 e. The summed E-state index contributed by atoms with van der Waals surface area (Å²) in [5, 5.41) is 12.6. The number of fused-ring (bicyclic) bond motifs is 1. The molecule has 10 heteroatoms. The number of rotatable bonds is 4. The van der Waals surface area contributed by atoms with Crippen molar-refractivity contribution >= 4 is 22.3 Å². The van der Waals surface area contributed by atoms with Gasteiger partial charge in [0.25, 0.3) is 5.56 Å². The summed E-state index contributed by atoms with van der Waals surface area (Å²) in [5.41, 5.74) is 1.30. The second kappa shape index (κ2) is 6.24. The molecule has 0 fully saturated rings. The molecule has 0 saturated carbocycles. The molecular formula is C15H10N6O3S. The smallest absolute Gasteiger partial charge is 0.338 e. The van der Waals surface area contributed by atoms with Gasteiger partial charge in [-0.1, -0.05) is 0 Å². The van der Waals surface area contributed by atoms with E-state index in [1.807, 2.05) is 0 Å². The molecular weight excluding hydrogens is 344 g/mol. The molecule has 0 saturated heterocycles. The van der Waals surface area contributed by atoms with Crippen molar-refractivity contribution in [2.45, 2.75) is 6.61 Å². The van der Waals surface area contributed by atoms with Crippen LogP contribution in [0.2, 0.25) is 0 Å². The Morgan fingerprint density at radius 3 is 2.84 bits per heavy atom. The van der Waals surface area contributed by atoms with E-state index in [9.17, 15) is 9.59 Å². The van der Waals surface area contributed by atoms with E-state index in [0.29, 0.717) is 16.2 Å². The van der Waals surface area contributed by atoms with Crippen LogP contribution in [0.3, 0.4) is 0 Å². The van der Waals surface area contributed by atoms with Gasteiger partial charge in [-0.3, -0.25) is 9.20 Å². The van der Waals surface area contributed by atoms with E-state index in [4.69, 9.17) is 4.74 Å². The fourth-order valence-corrected chi connectivity index (χ4v) is 2.95. The second-order valence-electron chi connectivity index (χ2n) is 5.02. The average molecular weight is 354 g/mol. The zero-order chi connectivity index (χ0) is 17.2.